The summed E-state index contributed by atoms with van der Waals surface area (Å²) in [5, 5.41) is 12.1. The Morgan fingerprint density at radius 1 is 1.28 bits per heavy atom. The average molecular weight is 512 g/mol. The van der Waals surface area contributed by atoms with Crippen LogP contribution in [-0.2, 0) is 0 Å². The maximum atomic E-state index is 7.92. The topological polar surface area (TPSA) is 58.0 Å². The molecule has 25 heavy (non-hydrogen) atoms. The van der Waals surface area contributed by atoms with E-state index in [-0.39, 0.29) is 6.10 Å². The van der Waals surface area contributed by atoms with Crippen LogP contribution in [0.4, 0.5) is 5.69 Å². The minimum Gasteiger partial charge on any atom is -0.486 e. The maximum Gasteiger partial charge on any atom is 0.124 e. The molecule has 1 heterocycles. The molecule has 0 saturated heterocycles. The molecule has 2 atom stereocenters. The first-order valence-corrected chi connectivity index (χ1v) is 12.6. The van der Waals surface area contributed by atoms with Gasteiger partial charge in [-0.15, -0.1) is 0 Å². The van der Waals surface area contributed by atoms with Crippen LogP contribution in [0.5, 0.6) is 5.75 Å². The number of nitrogens with one attached hydrogen (secondary N) is 2. The van der Waals surface area contributed by atoms with Crippen molar-refractivity contribution in [1.29, 1.82) is 5.41 Å². The number of benzene rings is 1. The average Bonchev–Trinajstić information content (AvgIpc) is 2.58. The zero-order valence-corrected chi connectivity index (χ0v) is 19.1. The molecule has 136 valence electrons. The Balaban J connectivity index is 0.00000151. The van der Waals surface area contributed by atoms with Crippen LogP contribution in [0.1, 0.15) is 44.9 Å². The van der Waals surface area contributed by atoms with Crippen LogP contribution in [0.15, 0.2) is 30.6 Å². The van der Waals surface area contributed by atoms with Gasteiger partial charge in [0.1, 0.15) is 11.9 Å². The lowest BCUT2D eigenvalue weighted by Gasteiger charge is -2.19. The van der Waals surface area contributed by atoms with E-state index in [0.717, 1.165) is 11.3 Å². The summed E-state index contributed by atoms with van der Waals surface area (Å²) >= 11 is 14.6. The first-order valence-electron chi connectivity index (χ1n) is 7.70. The molecule has 0 aliphatic rings. The van der Waals surface area contributed by atoms with E-state index < -0.39 is 0 Å². The van der Waals surface area contributed by atoms with Crippen LogP contribution in [0.3, 0.4) is 0 Å². The fraction of sp³-hybridized carbons (Fsp3) is 0.294. The molecular formula is C17H21Cl2IN3OP. The summed E-state index contributed by atoms with van der Waals surface area (Å²) in [5.41, 5.74) is 2.91. The van der Waals surface area contributed by atoms with Gasteiger partial charge in [0.2, 0.25) is 0 Å². The molecule has 0 radical (unpaired) electrons. The van der Waals surface area contributed by atoms with Crippen LogP contribution >= 0.6 is 51.6 Å². The van der Waals surface area contributed by atoms with Crippen molar-refractivity contribution in [2.75, 3.05) is 5.09 Å². The van der Waals surface area contributed by atoms with Crippen molar-refractivity contribution >= 4 is 63.0 Å². The molecule has 1 unspecified atom stereocenters. The zero-order chi connectivity index (χ0) is 19.0. The minimum absolute atomic E-state index is 0.331. The lowest BCUT2D eigenvalue weighted by atomic mass is 10.1. The van der Waals surface area contributed by atoms with Gasteiger partial charge in [-0.05, 0) is 54.1 Å². The fourth-order valence-electron chi connectivity index (χ4n) is 2.14. The molecule has 2 aromatic rings. The van der Waals surface area contributed by atoms with Gasteiger partial charge in [-0.1, -0.05) is 37.0 Å². The van der Waals surface area contributed by atoms with Crippen LogP contribution < -0.4 is 9.82 Å². The predicted octanol–water partition coefficient (Wildman–Crippen LogP) is 7.30. The van der Waals surface area contributed by atoms with Gasteiger partial charge in [0.15, 0.2) is 0 Å². The molecule has 2 N–H and O–H groups in total. The van der Waals surface area contributed by atoms with Crippen molar-refractivity contribution in [2.45, 2.75) is 33.8 Å². The Hall–Kier alpha value is -0.620. The van der Waals surface area contributed by atoms with Gasteiger partial charge in [-0.25, -0.2) is 0 Å². The number of nitrogens with zero attached hydrogens (tertiary/aromatic N) is 1. The Labute approximate surface area is 173 Å². The smallest absolute Gasteiger partial charge is 0.124 e. The highest BCUT2D eigenvalue weighted by Gasteiger charge is 2.16. The standard InChI is InChI=1S/C15H15Cl2IN3OP.C2H6/c1-8(19)11-5-10(3-4-14(11)21-23-18)22-9(2)15-12(16)6-20-7-13(15)17;1-2/h3-7,9,19,21,23H,1-2H3;1-2H3/t9-;/m1./s1. The Bertz CT molecular complexity index is 711. The first kappa shape index (κ1) is 22.4. The third-order valence-electron chi connectivity index (χ3n) is 3.19. The second-order valence-corrected chi connectivity index (χ2v) is 7.70. The van der Waals surface area contributed by atoms with Gasteiger partial charge in [0.25, 0.3) is 0 Å². The van der Waals surface area contributed by atoms with Gasteiger partial charge in [-0.2, -0.15) is 0 Å². The summed E-state index contributed by atoms with van der Waals surface area (Å²) < 4.78 is 5.97. The summed E-state index contributed by atoms with van der Waals surface area (Å²) in [6.07, 6.45) is 3.29. The fourth-order valence-corrected chi connectivity index (χ4v) is 4.00. The van der Waals surface area contributed by atoms with E-state index in [2.05, 4.69) is 32.1 Å². The molecule has 8 heteroatoms. The molecular weight excluding hydrogens is 491 g/mol. The quantitative estimate of drug-likeness (QED) is 0.243. The number of anilines is 1. The molecule has 0 aliphatic heterocycles. The maximum absolute atomic E-state index is 7.92. The number of ether oxygens (including phenoxy) is 1. The molecule has 1 aromatic carbocycles. The molecule has 0 aliphatic carbocycles. The molecule has 0 amide bonds. The Morgan fingerprint density at radius 3 is 2.40 bits per heavy atom. The number of hydrogen-bond acceptors (Lipinski definition) is 4. The minimum atomic E-state index is -0.331. The van der Waals surface area contributed by atoms with Gasteiger partial charge in [0, 0.05) is 41.3 Å². The number of aromatic nitrogens is 1. The van der Waals surface area contributed by atoms with Gasteiger partial charge >= 0.3 is 0 Å². The van der Waals surface area contributed by atoms with Crippen molar-refractivity contribution < 1.29 is 4.74 Å². The molecule has 2 rings (SSSR count). The SMILES string of the molecule is CC.CC(=N)c1cc(O[C@H](C)c2c(Cl)cncc2Cl)ccc1NPI. The largest absolute Gasteiger partial charge is 0.486 e. The Morgan fingerprint density at radius 2 is 1.88 bits per heavy atom. The summed E-state index contributed by atoms with van der Waals surface area (Å²) in [5.74, 6) is 0.658. The van der Waals surface area contributed by atoms with E-state index in [0.29, 0.717) is 33.4 Å². The Kier molecular flexibility index (Phi) is 10.0. The molecule has 4 nitrogen and oxygen atoms in total. The third kappa shape index (κ3) is 6.24. The lowest BCUT2D eigenvalue weighted by molar-refractivity contribution is 0.227. The highest BCUT2D eigenvalue weighted by Crippen LogP contribution is 2.34. The second-order valence-electron chi connectivity index (χ2n) is 4.83. The second kappa shape index (κ2) is 11.2. The van der Waals surface area contributed by atoms with E-state index in [9.17, 15) is 0 Å². The van der Waals surface area contributed by atoms with E-state index in [4.69, 9.17) is 33.3 Å². The molecule has 1 aromatic heterocycles. The monoisotopic (exact) mass is 511 g/mol. The summed E-state index contributed by atoms with van der Waals surface area (Å²) in [6.45, 7) is 7.63. The van der Waals surface area contributed by atoms with Crippen molar-refractivity contribution in [1.82, 2.24) is 4.98 Å². The van der Waals surface area contributed by atoms with Gasteiger partial charge in [0.05, 0.1) is 10.0 Å². The number of hydrogen-bond donors (Lipinski definition) is 2. The van der Waals surface area contributed by atoms with Gasteiger partial charge in [-0.3, -0.25) is 4.98 Å². The lowest BCUT2D eigenvalue weighted by Crippen LogP contribution is -2.06. The number of halogens is 3. The molecule has 0 fully saturated rings. The predicted molar refractivity (Wildman–Crippen MR) is 120 cm³/mol. The van der Waals surface area contributed by atoms with Crippen molar-refractivity contribution in [3.63, 3.8) is 0 Å². The first-order chi connectivity index (χ1) is 11.9. The zero-order valence-electron chi connectivity index (χ0n) is 14.5. The van der Waals surface area contributed by atoms with Crippen molar-refractivity contribution in [3.8, 4) is 5.75 Å². The van der Waals surface area contributed by atoms with E-state index >= 15 is 0 Å². The number of rotatable bonds is 6. The van der Waals surface area contributed by atoms with E-state index in [1.165, 1.54) is 0 Å². The van der Waals surface area contributed by atoms with Gasteiger partial charge < -0.3 is 15.2 Å². The van der Waals surface area contributed by atoms with Crippen LogP contribution in [0.2, 0.25) is 10.0 Å². The van der Waals surface area contributed by atoms with E-state index in [1.54, 1.807) is 19.3 Å². The van der Waals surface area contributed by atoms with Crippen molar-refractivity contribution in [3.05, 3.63) is 51.8 Å². The summed E-state index contributed by atoms with van der Waals surface area (Å²) in [6, 6.07) is 5.63. The molecule has 0 saturated carbocycles. The van der Waals surface area contributed by atoms with Crippen LogP contribution in [-0.4, -0.2) is 10.7 Å². The normalized spacial score (nSPS) is 11.6. The van der Waals surface area contributed by atoms with E-state index in [1.807, 2.05) is 39.0 Å². The van der Waals surface area contributed by atoms with Crippen LogP contribution in [0.25, 0.3) is 0 Å². The molecule has 0 bridgehead atoms. The summed E-state index contributed by atoms with van der Waals surface area (Å²) in [7, 11) is 0. The highest BCUT2D eigenvalue weighted by molar-refractivity contribution is 14.2. The van der Waals surface area contributed by atoms with Crippen molar-refractivity contribution in [2.24, 2.45) is 0 Å². The highest BCUT2D eigenvalue weighted by atomic mass is 127. The number of pyridine rings is 1. The third-order valence-corrected chi connectivity index (χ3v) is 4.96. The van der Waals surface area contributed by atoms with Crippen LogP contribution in [0, 0.1) is 5.41 Å². The molecule has 0 spiro atoms. The summed E-state index contributed by atoms with van der Waals surface area (Å²) in [4.78, 5) is 3.95.